The molecule has 0 spiro atoms. The van der Waals surface area contributed by atoms with Crippen LogP contribution in [0.4, 0.5) is 35.1 Å². The lowest BCUT2D eigenvalue weighted by Crippen LogP contribution is -2.77. The standard InChI is InChI=1S/C26H46F8/c1-11-12-13-14-15-16-17-18-20(4,28)22(6,30)24(8,32)26(10,34)25(9,33)23(7,31)21(5,29)19(2,3)27/h11-18H2,1-10H3. The highest BCUT2D eigenvalue weighted by Gasteiger charge is 2.79. The number of halogens is 8. The van der Waals surface area contributed by atoms with Gasteiger partial charge in [0.15, 0.2) is 34.0 Å². The summed E-state index contributed by atoms with van der Waals surface area (Å²) in [6.45, 7) is 5.96. The molecular formula is C26H46F8. The largest absolute Gasteiger partial charge is 0.241 e. The Balaban J connectivity index is 5.98. The zero-order valence-corrected chi connectivity index (χ0v) is 22.7. The Morgan fingerprint density at radius 3 is 1.03 bits per heavy atom. The van der Waals surface area contributed by atoms with E-state index in [1.807, 2.05) is 0 Å². The van der Waals surface area contributed by atoms with E-state index in [0.717, 1.165) is 39.0 Å². The maximum Gasteiger partial charge on any atom is 0.181 e. The first kappa shape index (κ1) is 33.4. The van der Waals surface area contributed by atoms with E-state index >= 15 is 30.7 Å². The normalized spacial score (nSPS) is 25.6. The van der Waals surface area contributed by atoms with Gasteiger partial charge in [-0.15, -0.1) is 0 Å². The average Bonchev–Trinajstić information content (AvgIpc) is 2.65. The van der Waals surface area contributed by atoms with Gasteiger partial charge < -0.3 is 0 Å². The number of rotatable bonds is 15. The zero-order valence-electron chi connectivity index (χ0n) is 22.7. The van der Waals surface area contributed by atoms with E-state index in [0.29, 0.717) is 41.0 Å². The molecule has 0 amide bonds. The molecule has 0 N–H and O–H groups in total. The van der Waals surface area contributed by atoms with Crippen molar-refractivity contribution in [2.75, 3.05) is 0 Å². The van der Waals surface area contributed by atoms with Crippen molar-refractivity contribution in [1.29, 1.82) is 0 Å². The van der Waals surface area contributed by atoms with Crippen LogP contribution in [0.2, 0.25) is 0 Å². The van der Waals surface area contributed by atoms with Gasteiger partial charge in [0.2, 0.25) is 0 Å². The molecule has 0 saturated heterocycles. The van der Waals surface area contributed by atoms with Gasteiger partial charge in [0, 0.05) is 0 Å². The minimum Gasteiger partial charge on any atom is -0.241 e. The molecule has 0 heterocycles. The van der Waals surface area contributed by atoms with Crippen molar-refractivity contribution >= 4 is 0 Å². The van der Waals surface area contributed by atoms with Crippen molar-refractivity contribution in [3.8, 4) is 0 Å². The first-order valence-electron chi connectivity index (χ1n) is 12.3. The van der Waals surface area contributed by atoms with Crippen LogP contribution in [0, 0.1) is 0 Å². The summed E-state index contributed by atoms with van der Waals surface area (Å²) in [4.78, 5) is 0. The molecule has 0 aliphatic heterocycles. The molecule has 7 unspecified atom stereocenters. The van der Waals surface area contributed by atoms with Crippen LogP contribution in [-0.2, 0) is 0 Å². The van der Waals surface area contributed by atoms with E-state index in [-0.39, 0.29) is 27.2 Å². The predicted octanol–water partition coefficient (Wildman–Crippen LogP) is 9.97. The Kier molecular flexibility index (Phi) is 10.3. The Labute approximate surface area is 201 Å². The van der Waals surface area contributed by atoms with Crippen LogP contribution in [0.3, 0.4) is 0 Å². The monoisotopic (exact) mass is 510 g/mol. The van der Waals surface area contributed by atoms with Gasteiger partial charge in [-0.1, -0.05) is 51.9 Å². The smallest absolute Gasteiger partial charge is 0.181 e. The summed E-state index contributed by atoms with van der Waals surface area (Å²) in [6, 6.07) is 0. The summed E-state index contributed by atoms with van der Waals surface area (Å²) in [5, 5.41) is 0. The number of hydrogen-bond donors (Lipinski definition) is 0. The Hall–Kier alpha value is -0.560. The van der Waals surface area contributed by atoms with Gasteiger partial charge in [0.25, 0.3) is 0 Å². The lowest BCUT2D eigenvalue weighted by molar-refractivity contribution is -0.264. The maximum atomic E-state index is 16.0. The Bertz CT molecular complexity index is 640. The molecule has 34 heavy (non-hydrogen) atoms. The lowest BCUT2D eigenvalue weighted by Gasteiger charge is -2.56. The number of hydrogen-bond acceptors (Lipinski definition) is 0. The molecule has 0 aromatic rings. The van der Waals surface area contributed by atoms with Gasteiger partial charge in [-0.2, -0.15) is 0 Å². The third kappa shape index (κ3) is 5.55. The van der Waals surface area contributed by atoms with Crippen LogP contribution >= 0.6 is 0 Å². The minimum atomic E-state index is -4.10. The fourth-order valence-electron chi connectivity index (χ4n) is 4.46. The van der Waals surface area contributed by atoms with E-state index in [1.54, 1.807) is 0 Å². The van der Waals surface area contributed by atoms with Crippen LogP contribution in [0.15, 0.2) is 0 Å². The van der Waals surface area contributed by atoms with Crippen molar-refractivity contribution < 1.29 is 35.1 Å². The van der Waals surface area contributed by atoms with Crippen molar-refractivity contribution in [2.45, 2.75) is 166 Å². The van der Waals surface area contributed by atoms with Crippen LogP contribution in [-0.4, -0.2) is 45.4 Å². The third-order valence-corrected chi connectivity index (χ3v) is 8.75. The number of alkyl halides is 8. The van der Waals surface area contributed by atoms with E-state index in [4.69, 9.17) is 0 Å². The molecule has 206 valence electrons. The summed E-state index contributed by atoms with van der Waals surface area (Å²) in [6.07, 6.45) is 5.06. The van der Waals surface area contributed by atoms with Gasteiger partial charge in [-0.25, -0.2) is 35.1 Å². The molecule has 0 aliphatic rings. The molecule has 0 radical (unpaired) electrons. The Morgan fingerprint density at radius 2 is 0.676 bits per heavy atom. The zero-order chi connectivity index (χ0) is 27.7. The predicted molar refractivity (Wildman–Crippen MR) is 124 cm³/mol. The molecule has 0 rings (SSSR count). The molecule has 0 bridgehead atoms. The van der Waals surface area contributed by atoms with Gasteiger partial charge >= 0.3 is 0 Å². The van der Waals surface area contributed by atoms with E-state index in [9.17, 15) is 4.39 Å². The second-order valence-corrected chi connectivity index (χ2v) is 11.6. The quantitative estimate of drug-likeness (QED) is 0.152. The summed E-state index contributed by atoms with van der Waals surface area (Å²) in [5.41, 5.74) is -29.3. The second-order valence-electron chi connectivity index (χ2n) is 11.6. The molecular weight excluding hydrogens is 464 g/mol. The van der Waals surface area contributed by atoms with Crippen molar-refractivity contribution in [3.63, 3.8) is 0 Å². The van der Waals surface area contributed by atoms with Crippen molar-refractivity contribution in [3.05, 3.63) is 0 Å². The van der Waals surface area contributed by atoms with Crippen LogP contribution in [0.25, 0.3) is 0 Å². The maximum absolute atomic E-state index is 16.0. The fraction of sp³-hybridized carbons (Fsp3) is 1.00. The van der Waals surface area contributed by atoms with Gasteiger partial charge in [-0.05, 0) is 68.7 Å². The summed E-state index contributed by atoms with van der Waals surface area (Å²) in [5.74, 6) is 0. The van der Waals surface area contributed by atoms with Gasteiger partial charge in [-0.3, -0.25) is 0 Å². The fourth-order valence-corrected chi connectivity index (χ4v) is 4.46. The van der Waals surface area contributed by atoms with E-state index in [1.165, 1.54) is 0 Å². The average molecular weight is 511 g/mol. The Morgan fingerprint density at radius 1 is 0.382 bits per heavy atom. The van der Waals surface area contributed by atoms with Crippen LogP contribution in [0.1, 0.15) is 121 Å². The first-order valence-corrected chi connectivity index (χ1v) is 12.3. The summed E-state index contributed by atoms with van der Waals surface area (Å²) >= 11 is 0. The third-order valence-electron chi connectivity index (χ3n) is 8.75. The molecule has 0 saturated carbocycles. The minimum absolute atomic E-state index is 0.185. The summed E-state index contributed by atoms with van der Waals surface area (Å²) in [7, 11) is 0. The second kappa shape index (κ2) is 10.4. The summed E-state index contributed by atoms with van der Waals surface area (Å²) < 4.78 is 124. The van der Waals surface area contributed by atoms with Crippen LogP contribution < -0.4 is 0 Å². The van der Waals surface area contributed by atoms with Crippen LogP contribution in [0.5, 0.6) is 0 Å². The van der Waals surface area contributed by atoms with Gasteiger partial charge in [0.05, 0.1) is 0 Å². The highest BCUT2D eigenvalue weighted by molar-refractivity contribution is 5.26. The van der Waals surface area contributed by atoms with Gasteiger partial charge in [0.1, 0.15) is 11.3 Å². The first-order chi connectivity index (χ1) is 14.8. The molecule has 0 aromatic heterocycles. The van der Waals surface area contributed by atoms with E-state index in [2.05, 4.69) is 6.92 Å². The topological polar surface area (TPSA) is 0 Å². The highest BCUT2D eigenvalue weighted by Crippen LogP contribution is 2.60. The number of unbranched alkanes of at least 4 members (excludes halogenated alkanes) is 6. The molecule has 0 aromatic carbocycles. The molecule has 0 aliphatic carbocycles. The highest BCUT2D eigenvalue weighted by atomic mass is 19.2. The van der Waals surface area contributed by atoms with Crippen molar-refractivity contribution in [2.24, 2.45) is 0 Å². The molecule has 7 atom stereocenters. The van der Waals surface area contributed by atoms with E-state index < -0.39 is 51.8 Å². The SMILES string of the molecule is CCCCCCCCCC(C)(F)C(C)(F)C(C)(F)C(C)(F)C(C)(F)C(C)(F)C(C)(F)C(C)(C)F. The lowest BCUT2D eigenvalue weighted by atomic mass is 9.58. The molecule has 8 heteroatoms. The van der Waals surface area contributed by atoms with Crippen molar-refractivity contribution in [1.82, 2.24) is 0 Å². The molecule has 0 nitrogen and oxygen atoms in total. The molecule has 0 fully saturated rings.